The van der Waals surface area contributed by atoms with Crippen LogP contribution in [0.5, 0.6) is 0 Å². The lowest BCUT2D eigenvalue weighted by molar-refractivity contribution is -0.138. The molecular formula is C16H23BN4O5. The fourth-order valence-corrected chi connectivity index (χ4v) is 2.72. The molecule has 1 aliphatic rings. The molecular weight excluding hydrogens is 339 g/mol. The average Bonchev–Trinajstić information content (AvgIpc) is 2.75. The van der Waals surface area contributed by atoms with E-state index in [1.807, 2.05) is 0 Å². The molecule has 1 aromatic heterocycles. The minimum atomic E-state index is -1.30. The van der Waals surface area contributed by atoms with Crippen molar-refractivity contribution in [2.75, 3.05) is 0 Å². The van der Waals surface area contributed by atoms with Crippen LogP contribution in [0.25, 0.3) is 0 Å². The first kappa shape index (κ1) is 20.1. The zero-order chi connectivity index (χ0) is 19.1. The largest absolute Gasteiger partial charge is 0.481 e. The van der Waals surface area contributed by atoms with Crippen molar-refractivity contribution in [3.63, 3.8) is 0 Å². The van der Waals surface area contributed by atoms with E-state index >= 15 is 0 Å². The summed E-state index contributed by atoms with van der Waals surface area (Å²) in [5, 5.41) is 21.6. The lowest BCUT2D eigenvalue weighted by atomic mass is 9.77. The Labute approximate surface area is 151 Å². The summed E-state index contributed by atoms with van der Waals surface area (Å²) in [5.74, 6) is -2.01. The van der Waals surface area contributed by atoms with Crippen LogP contribution in [0.15, 0.2) is 24.4 Å². The molecule has 26 heavy (non-hydrogen) atoms. The van der Waals surface area contributed by atoms with Gasteiger partial charge in [0.25, 0.3) is 0 Å². The molecule has 0 unspecified atom stereocenters. The minimum absolute atomic E-state index is 0.0658. The molecule has 0 fully saturated rings. The van der Waals surface area contributed by atoms with Gasteiger partial charge in [0, 0.05) is 19.3 Å². The number of carboxylic acids is 1. The van der Waals surface area contributed by atoms with Crippen LogP contribution in [-0.4, -0.2) is 46.2 Å². The van der Waals surface area contributed by atoms with E-state index in [-0.39, 0.29) is 31.8 Å². The number of amides is 1. The number of nitrogens with one attached hydrogen (secondary N) is 1. The van der Waals surface area contributed by atoms with Crippen molar-refractivity contribution in [1.82, 2.24) is 10.3 Å². The third kappa shape index (κ3) is 5.63. The average molecular weight is 362 g/mol. The van der Waals surface area contributed by atoms with Gasteiger partial charge in [-0.2, -0.15) is 0 Å². The Hall–Kier alpha value is -2.27. The Kier molecular flexibility index (Phi) is 7.28. The van der Waals surface area contributed by atoms with Gasteiger partial charge < -0.3 is 31.6 Å². The summed E-state index contributed by atoms with van der Waals surface area (Å²) in [5.41, 5.74) is 13.4. The fourth-order valence-electron chi connectivity index (χ4n) is 2.72. The maximum Gasteiger partial charge on any atom is 0.478 e. The number of nitrogens with two attached hydrogens (primary N) is 2. The van der Waals surface area contributed by atoms with E-state index in [1.165, 1.54) is 0 Å². The van der Waals surface area contributed by atoms with Crippen molar-refractivity contribution < 1.29 is 24.4 Å². The molecule has 0 aromatic carbocycles. The predicted octanol–water partition coefficient (Wildman–Crippen LogP) is -1.13. The molecule has 1 aromatic rings. The number of aliphatic carboxylic acids is 1. The summed E-state index contributed by atoms with van der Waals surface area (Å²) in [4.78, 5) is 27.2. The first-order chi connectivity index (χ1) is 12.4. The number of hydrogen-bond acceptors (Lipinski definition) is 7. The number of carboxylic acid groups (broad SMARTS) is 1. The second kappa shape index (κ2) is 9.44. The predicted molar refractivity (Wildman–Crippen MR) is 94.5 cm³/mol. The normalized spacial score (nSPS) is 19.9. The summed E-state index contributed by atoms with van der Waals surface area (Å²) >= 11 is 0. The molecule has 9 nitrogen and oxygen atoms in total. The van der Waals surface area contributed by atoms with Crippen molar-refractivity contribution in [3.05, 3.63) is 41.2 Å². The number of carbonyl (C=O) groups is 2. The van der Waals surface area contributed by atoms with Crippen LogP contribution >= 0.6 is 0 Å². The van der Waals surface area contributed by atoms with Gasteiger partial charge in [0.15, 0.2) is 0 Å². The second-order valence-corrected chi connectivity index (χ2v) is 6.04. The highest BCUT2D eigenvalue weighted by molar-refractivity contribution is 6.45. The maximum atomic E-state index is 12.3. The van der Waals surface area contributed by atoms with E-state index in [1.54, 1.807) is 24.4 Å². The number of rotatable bonds is 7. The first-order valence-corrected chi connectivity index (χ1v) is 8.31. The molecule has 0 aliphatic carbocycles. The summed E-state index contributed by atoms with van der Waals surface area (Å²) in [6, 6.07) is 1.79. The number of pyridine rings is 1. The van der Waals surface area contributed by atoms with Crippen molar-refractivity contribution in [1.29, 1.82) is 0 Å². The number of hydrogen-bond donors (Lipinski definition) is 5. The van der Waals surface area contributed by atoms with Crippen LogP contribution < -0.4 is 16.8 Å². The first-order valence-electron chi connectivity index (χ1n) is 8.31. The van der Waals surface area contributed by atoms with Crippen molar-refractivity contribution in [2.24, 2.45) is 11.5 Å². The van der Waals surface area contributed by atoms with Crippen molar-refractivity contribution in [3.8, 4) is 0 Å². The molecule has 0 radical (unpaired) electrons. The Bertz CT molecular complexity index is 685. The Morgan fingerprint density at radius 2 is 2.15 bits per heavy atom. The molecule has 10 heteroatoms. The van der Waals surface area contributed by atoms with Crippen LogP contribution in [0.4, 0.5) is 0 Å². The molecule has 0 saturated heterocycles. The summed E-state index contributed by atoms with van der Waals surface area (Å²) < 4.78 is 5.28. The van der Waals surface area contributed by atoms with Gasteiger partial charge in [0.05, 0.1) is 30.6 Å². The van der Waals surface area contributed by atoms with Crippen molar-refractivity contribution in [2.45, 2.75) is 44.4 Å². The maximum absolute atomic E-state index is 12.3. The minimum Gasteiger partial charge on any atom is -0.481 e. The van der Waals surface area contributed by atoms with Crippen LogP contribution in [0, 0.1) is 0 Å². The van der Waals surface area contributed by atoms with Gasteiger partial charge in [0.1, 0.15) is 0 Å². The zero-order valence-electron chi connectivity index (χ0n) is 14.3. The lowest BCUT2D eigenvalue weighted by Crippen LogP contribution is -2.48. The summed E-state index contributed by atoms with van der Waals surface area (Å²) in [6.07, 6.45) is 4.26. The zero-order valence-corrected chi connectivity index (χ0v) is 14.3. The summed E-state index contributed by atoms with van der Waals surface area (Å²) in [7, 11) is -1.30. The smallest absolute Gasteiger partial charge is 0.478 e. The van der Waals surface area contributed by atoms with Crippen LogP contribution in [0.3, 0.4) is 0 Å². The van der Waals surface area contributed by atoms with E-state index in [0.29, 0.717) is 17.7 Å². The molecule has 140 valence electrons. The summed E-state index contributed by atoms with van der Waals surface area (Å²) in [6.45, 7) is 0.550. The number of nitrogens with zero attached hydrogens (tertiary/aromatic N) is 1. The molecule has 1 aliphatic heterocycles. The molecule has 0 saturated carbocycles. The molecule has 7 N–H and O–H groups in total. The van der Waals surface area contributed by atoms with E-state index < -0.39 is 25.1 Å². The molecule has 1 amide bonds. The second-order valence-electron chi connectivity index (χ2n) is 6.04. The van der Waals surface area contributed by atoms with E-state index in [0.717, 1.165) is 5.56 Å². The quantitative estimate of drug-likeness (QED) is 0.301. The van der Waals surface area contributed by atoms with Gasteiger partial charge in [-0.05, 0) is 17.5 Å². The highest BCUT2D eigenvalue weighted by Crippen LogP contribution is 2.13. The van der Waals surface area contributed by atoms with E-state index in [9.17, 15) is 14.6 Å². The topological polar surface area (TPSA) is 161 Å². The Balaban J connectivity index is 1.95. The van der Waals surface area contributed by atoms with Gasteiger partial charge in [0.2, 0.25) is 5.91 Å². The van der Waals surface area contributed by atoms with Gasteiger partial charge >= 0.3 is 13.1 Å². The van der Waals surface area contributed by atoms with Crippen LogP contribution in [-0.2, 0) is 33.8 Å². The molecule has 2 rings (SSSR count). The molecule has 0 bridgehead atoms. The highest BCUT2D eigenvalue weighted by atomic mass is 16.5. The molecule has 2 atom stereocenters. The molecule has 2 heterocycles. The SMILES string of the molecule is NCc1cc(CC(=O)N[C@H]2CC=C[C@H](CC(=O)O)OB2O)cnc1CN. The van der Waals surface area contributed by atoms with Crippen LogP contribution in [0.1, 0.15) is 29.7 Å². The third-order valence-electron chi connectivity index (χ3n) is 4.02. The Morgan fingerprint density at radius 3 is 2.81 bits per heavy atom. The van der Waals surface area contributed by atoms with E-state index in [2.05, 4.69) is 10.3 Å². The fraction of sp³-hybridized carbons (Fsp3) is 0.438. The highest BCUT2D eigenvalue weighted by Gasteiger charge is 2.32. The Morgan fingerprint density at radius 1 is 1.38 bits per heavy atom. The third-order valence-corrected chi connectivity index (χ3v) is 4.02. The van der Waals surface area contributed by atoms with Crippen molar-refractivity contribution >= 4 is 19.0 Å². The van der Waals surface area contributed by atoms with Gasteiger partial charge in [-0.3, -0.25) is 14.6 Å². The molecule has 0 spiro atoms. The van der Waals surface area contributed by atoms with E-state index in [4.69, 9.17) is 21.2 Å². The lowest BCUT2D eigenvalue weighted by Gasteiger charge is -2.20. The van der Waals surface area contributed by atoms with Gasteiger partial charge in [-0.25, -0.2) is 0 Å². The number of carbonyl (C=O) groups excluding carboxylic acids is 1. The number of aromatic nitrogens is 1. The monoisotopic (exact) mass is 362 g/mol. The van der Waals surface area contributed by atoms with Crippen LogP contribution in [0.2, 0.25) is 0 Å². The standard InChI is InChI=1S/C16H23BN4O5/c18-7-11-4-10(9-20-13(11)8-19)5-15(22)21-14-3-1-2-12(6-16(23)24)26-17(14)25/h1-2,4,9,12,14,25H,3,5-8,18-19H2,(H,21,22)(H,23,24)/t12-,14+/m1/s1. The van der Waals surface area contributed by atoms with Gasteiger partial charge in [-0.15, -0.1) is 0 Å². The van der Waals surface area contributed by atoms with Gasteiger partial charge in [-0.1, -0.05) is 18.2 Å².